The molecule has 2 aromatic heterocycles. The van der Waals surface area contributed by atoms with Crippen molar-refractivity contribution in [2.24, 2.45) is 0 Å². The normalized spacial score (nSPS) is 16.6. The number of alkyl halides is 5. The molecule has 2 atom stereocenters. The number of hydrogen-bond donors (Lipinski definition) is 3. The third-order valence-electron chi connectivity index (χ3n) is 7.15. The highest BCUT2D eigenvalue weighted by Gasteiger charge is 2.62. The highest BCUT2D eigenvalue weighted by molar-refractivity contribution is 5.97. The molecule has 2 unspecified atom stereocenters. The number of benzene rings is 1. The Balaban J connectivity index is 1.93. The van der Waals surface area contributed by atoms with E-state index in [9.17, 15) is 59.7 Å². The molecule has 3 N–H and O–H groups in total. The van der Waals surface area contributed by atoms with Crippen molar-refractivity contribution in [2.75, 3.05) is 31.1 Å². The van der Waals surface area contributed by atoms with Crippen molar-refractivity contribution in [2.45, 2.75) is 37.5 Å². The summed E-state index contributed by atoms with van der Waals surface area (Å²) in [6, 6.07) is -3.11. The minimum Gasteiger partial charge on any atom is -0.465 e. The van der Waals surface area contributed by atoms with E-state index in [1.807, 2.05) is 0 Å². The molecule has 3 heterocycles. The van der Waals surface area contributed by atoms with Gasteiger partial charge in [0, 0.05) is 38.0 Å². The van der Waals surface area contributed by atoms with Crippen LogP contribution >= 0.6 is 0 Å². The Morgan fingerprint density at radius 2 is 1.67 bits per heavy atom. The number of amides is 2. The molecule has 2 amide bonds. The van der Waals surface area contributed by atoms with Crippen LogP contribution in [0.15, 0.2) is 29.2 Å². The lowest BCUT2D eigenvalue weighted by molar-refractivity contribution is -0.292. The van der Waals surface area contributed by atoms with Gasteiger partial charge in [-0.3, -0.25) is 19.1 Å². The van der Waals surface area contributed by atoms with Gasteiger partial charge in [0.1, 0.15) is 23.1 Å². The Hall–Kier alpha value is -4.55. The third-order valence-corrected chi connectivity index (χ3v) is 7.15. The van der Waals surface area contributed by atoms with Crippen molar-refractivity contribution >= 4 is 28.9 Å². The molecule has 244 valence electrons. The molecule has 0 radical (unpaired) electrons. The van der Waals surface area contributed by atoms with Gasteiger partial charge in [-0.25, -0.2) is 27.3 Å². The summed E-state index contributed by atoms with van der Waals surface area (Å²) in [5.41, 5.74) is -4.66. The molecule has 0 aliphatic carbocycles. The number of anilines is 1. The summed E-state index contributed by atoms with van der Waals surface area (Å²) < 4.78 is 126. The molecule has 4 rings (SSSR count). The quantitative estimate of drug-likeness (QED) is 0.331. The number of carbonyl (C=O) groups excluding carboxylic acids is 1. The van der Waals surface area contributed by atoms with Crippen molar-refractivity contribution in [1.29, 1.82) is 0 Å². The number of pyridine rings is 2. The van der Waals surface area contributed by atoms with Crippen LogP contribution in [0.2, 0.25) is 0 Å². The van der Waals surface area contributed by atoms with Gasteiger partial charge in [-0.2, -0.15) is 22.0 Å². The number of carbonyl (C=O) groups is 2. The van der Waals surface area contributed by atoms with Crippen LogP contribution in [0.3, 0.4) is 0 Å². The average molecular weight is 655 g/mol. The van der Waals surface area contributed by atoms with E-state index in [-0.39, 0.29) is 31.8 Å². The number of aliphatic hydroxyl groups is 1. The molecule has 3 aromatic rings. The first-order valence-corrected chi connectivity index (χ1v) is 12.9. The average Bonchev–Trinajstić information content (AvgIpc) is 2.95. The smallest absolute Gasteiger partial charge is 0.455 e. The van der Waals surface area contributed by atoms with Gasteiger partial charge in [0.2, 0.25) is 5.43 Å². The fraction of sp³-hybridized carbons (Fsp3) is 0.385. The molecule has 1 saturated heterocycles. The van der Waals surface area contributed by atoms with Gasteiger partial charge in [-0.05, 0) is 12.5 Å². The van der Waals surface area contributed by atoms with Gasteiger partial charge in [0.25, 0.3) is 5.91 Å². The van der Waals surface area contributed by atoms with Crippen LogP contribution in [0.5, 0.6) is 0 Å². The molecule has 1 aliphatic heterocycles. The van der Waals surface area contributed by atoms with Crippen LogP contribution < -0.4 is 15.6 Å². The molecule has 1 aliphatic rings. The number of aliphatic hydroxyl groups excluding tert-OH is 1. The van der Waals surface area contributed by atoms with Crippen molar-refractivity contribution in [3.05, 3.63) is 63.5 Å². The summed E-state index contributed by atoms with van der Waals surface area (Å²) in [6.07, 6.45) is -8.11. The first-order valence-electron chi connectivity index (χ1n) is 12.9. The van der Waals surface area contributed by atoms with E-state index in [0.717, 1.165) is 16.7 Å². The number of nitrogens with one attached hydrogen (secondary N) is 1. The number of halogens is 9. The van der Waals surface area contributed by atoms with Crippen molar-refractivity contribution < 1.29 is 59.3 Å². The van der Waals surface area contributed by atoms with Gasteiger partial charge in [0.15, 0.2) is 28.9 Å². The Morgan fingerprint density at radius 1 is 1.04 bits per heavy atom. The summed E-state index contributed by atoms with van der Waals surface area (Å²) in [7, 11) is 0. The largest absolute Gasteiger partial charge is 0.465 e. The van der Waals surface area contributed by atoms with Crippen LogP contribution in [-0.2, 0) is 0 Å². The topological polar surface area (TPSA) is 128 Å². The number of piperazine rings is 1. The molecule has 1 aromatic carbocycles. The van der Waals surface area contributed by atoms with Crippen molar-refractivity contribution in [3.8, 4) is 5.69 Å². The fourth-order valence-corrected chi connectivity index (χ4v) is 4.87. The van der Waals surface area contributed by atoms with Crippen LogP contribution in [0.1, 0.15) is 23.7 Å². The van der Waals surface area contributed by atoms with Gasteiger partial charge < -0.3 is 20.4 Å². The zero-order chi connectivity index (χ0) is 33.6. The van der Waals surface area contributed by atoms with E-state index in [0.29, 0.717) is 16.8 Å². The van der Waals surface area contributed by atoms with Crippen LogP contribution in [0, 0.1) is 23.3 Å². The van der Waals surface area contributed by atoms with Gasteiger partial charge >= 0.3 is 18.2 Å². The van der Waals surface area contributed by atoms with E-state index in [1.54, 1.807) is 0 Å². The molecular weight excluding hydrogens is 633 g/mol. The van der Waals surface area contributed by atoms with Gasteiger partial charge in [-0.15, -0.1) is 0 Å². The van der Waals surface area contributed by atoms with E-state index in [2.05, 4.69) is 4.98 Å². The molecule has 0 spiro atoms. The minimum absolute atomic E-state index is 0.195. The number of nitrogens with zero attached hydrogens (tertiary/aromatic N) is 4. The molecule has 45 heavy (non-hydrogen) atoms. The second-order valence-corrected chi connectivity index (χ2v) is 9.94. The van der Waals surface area contributed by atoms with Gasteiger partial charge in [0.05, 0.1) is 18.0 Å². The Morgan fingerprint density at radius 3 is 2.20 bits per heavy atom. The number of aromatic nitrogens is 2. The van der Waals surface area contributed by atoms with E-state index in [4.69, 9.17) is 0 Å². The van der Waals surface area contributed by atoms with Crippen molar-refractivity contribution in [3.63, 3.8) is 0 Å². The van der Waals surface area contributed by atoms with Crippen LogP contribution in [0.25, 0.3) is 16.7 Å². The number of rotatable bonds is 7. The minimum atomic E-state index is -6.11. The Kier molecular flexibility index (Phi) is 8.96. The number of fused-ring (bicyclic) bond motifs is 1. The summed E-state index contributed by atoms with van der Waals surface area (Å²) >= 11 is 0. The highest BCUT2D eigenvalue weighted by atomic mass is 19.4. The lowest BCUT2D eigenvalue weighted by Gasteiger charge is -2.39. The predicted octanol–water partition coefficient (Wildman–Crippen LogP) is 3.81. The SMILES string of the molecule is CCC(NC(=O)c1cn(-c2c(F)cc(F)cc2F)c2nc(N3CCN(C(=O)O)C(CO)C3)c(F)cc2c1=O)C(F)(F)C(F)(F)F. The number of carboxylic acid groups (broad SMARTS) is 1. The molecule has 10 nitrogen and oxygen atoms in total. The van der Waals surface area contributed by atoms with Crippen LogP contribution in [0.4, 0.5) is 50.1 Å². The maximum Gasteiger partial charge on any atom is 0.455 e. The maximum atomic E-state index is 15.4. The van der Waals surface area contributed by atoms with Gasteiger partial charge in [-0.1, -0.05) is 6.92 Å². The first-order chi connectivity index (χ1) is 20.9. The molecule has 19 heteroatoms. The molecule has 1 fully saturated rings. The zero-order valence-electron chi connectivity index (χ0n) is 22.8. The fourth-order valence-electron chi connectivity index (χ4n) is 4.87. The molecular formula is C26H22F9N5O5. The Labute approximate surface area is 246 Å². The van der Waals surface area contributed by atoms with Crippen LogP contribution in [-0.4, -0.2) is 87.1 Å². The lowest BCUT2D eigenvalue weighted by Crippen LogP contribution is -2.56. The summed E-state index contributed by atoms with van der Waals surface area (Å²) in [5, 5.41) is 19.5. The third kappa shape index (κ3) is 6.07. The lowest BCUT2D eigenvalue weighted by atomic mass is 10.1. The van der Waals surface area contributed by atoms with E-state index in [1.165, 1.54) is 5.32 Å². The standard InChI is InChI=1S/C26H22F9N5O5/c1-2-18(25(31,32)26(33,34)35)36-23(43)14-9-40(19-15(28)5-11(27)6-16(19)29)21-13(20(14)42)7-17(30)22(37-21)38-3-4-39(24(44)45)12(8-38)10-41/h5-7,9,12,18,41H,2-4,8,10H2,1H3,(H,36,43)(H,44,45). The summed E-state index contributed by atoms with van der Waals surface area (Å²) in [4.78, 5) is 43.7. The maximum absolute atomic E-state index is 15.4. The number of hydrogen-bond acceptors (Lipinski definition) is 6. The Bertz CT molecular complexity index is 1690. The molecule has 0 saturated carbocycles. The highest BCUT2D eigenvalue weighted by Crippen LogP contribution is 2.39. The molecule has 0 bridgehead atoms. The first kappa shape index (κ1) is 33.3. The van der Waals surface area contributed by atoms with E-state index < -0.39 is 106 Å². The summed E-state index contributed by atoms with van der Waals surface area (Å²) in [5.74, 6) is -13.9. The second kappa shape index (κ2) is 12.1. The summed E-state index contributed by atoms with van der Waals surface area (Å²) in [6.45, 7) is -0.625. The zero-order valence-corrected chi connectivity index (χ0v) is 22.8. The second-order valence-electron chi connectivity index (χ2n) is 9.94. The van der Waals surface area contributed by atoms with E-state index >= 15 is 4.39 Å². The predicted molar refractivity (Wildman–Crippen MR) is 138 cm³/mol. The monoisotopic (exact) mass is 655 g/mol. The van der Waals surface area contributed by atoms with Crippen molar-refractivity contribution in [1.82, 2.24) is 19.8 Å².